The number of rotatable bonds is 6. The van der Waals surface area contributed by atoms with Crippen molar-refractivity contribution in [3.63, 3.8) is 0 Å². The Labute approximate surface area is 147 Å². The van der Waals surface area contributed by atoms with Gasteiger partial charge < -0.3 is 9.15 Å². The van der Waals surface area contributed by atoms with Crippen LogP contribution in [-0.4, -0.2) is 39.2 Å². The molecule has 9 heteroatoms. The molecule has 0 aliphatic carbocycles. The lowest BCUT2D eigenvalue weighted by molar-refractivity contribution is -0.140. The number of hydrogen-bond donors (Lipinski definition) is 0. The van der Waals surface area contributed by atoms with E-state index in [0.29, 0.717) is 19.4 Å². The van der Waals surface area contributed by atoms with E-state index in [2.05, 4.69) is 10.2 Å². The molecule has 1 aliphatic rings. The van der Waals surface area contributed by atoms with Crippen molar-refractivity contribution < 1.29 is 23.1 Å². The molecule has 0 unspecified atom stereocenters. The number of halogens is 1. The first-order valence-electron chi connectivity index (χ1n) is 7.75. The molecule has 0 saturated carbocycles. The van der Waals surface area contributed by atoms with Crippen LogP contribution in [0.25, 0.3) is 0 Å². The number of para-hydroxylation sites is 1. The van der Waals surface area contributed by atoms with Gasteiger partial charge in [-0.25, -0.2) is 4.39 Å². The van der Waals surface area contributed by atoms with Gasteiger partial charge in [-0.1, -0.05) is 23.9 Å². The Morgan fingerprint density at radius 2 is 2.24 bits per heavy atom. The zero-order valence-corrected chi connectivity index (χ0v) is 14.3. The molecule has 2 amide bonds. The summed E-state index contributed by atoms with van der Waals surface area (Å²) in [6, 6.07) is 6.02. The Morgan fingerprint density at radius 1 is 1.44 bits per heavy atom. The fourth-order valence-electron chi connectivity index (χ4n) is 2.34. The van der Waals surface area contributed by atoms with E-state index in [4.69, 9.17) is 9.15 Å². The summed E-state index contributed by atoms with van der Waals surface area (Å²) in [5, 5.41) is 7.88. The molecule has 0 bridgehead atoms. The maximum atomic E-state index is 13.6. The predicted octanol–water partition coefficient (Wildman–Crippen LogP) is 2.59. The van der Waals surface area contributed by atoms with Gasteiger partial charge in [-0.3, -0.25) is 14.5 Å². The van der Waals surface area contributed by atoms with Gasteiger partial charge in [0.2, 0.25) is 11.8 Å². The molecule has 2 heterocycles. The van der Waals surface area contributed by atoms with Gasteiger partial charge in [0.25, 0.3) is 11.1 Å². The maximum Gasteiger partial charge on any atom is 0.277 e. The van der Waals surface area contributed by atoms with E-state index in [-0.39, 0.29) is 34.4 Å². The van der Waals surface area contributed by atoms with Gasteiger partial charge in [-0.05, 0) is 25.5 Å². The molecule has 0 N–H and O–H groups in total. The minimum atomic E-state index is -0.644. The van der Waals surface area contributed by atoms with Gasteiger partial charge in [0, 0.05) is 13.0 Å². The lowest BCUT2D eigenvalue weighted by Gasteiger charge is -2.12. The average molecular weight is 365 g/mol. The van der Waals surface area contributed by atoms with Gasteiger partial charge in [0.1, 0.15) is 0 Å². The third-order valence-electron chi connectivity index (χ3n) is 3.60. The topological polar surface area (TPSA) is 85.5 Å². The zero-order chi connectivity index (χ0) is 17.8. The second kappa shape index (κ2) is 7.64. The van der Waals surface area contributed by atoms with Crippen LogP contribution in [0, 0.1) is 5.82 Å². The highest BCUT2D eigenvalue weighted by Gasteiger charge is 2.27. The largest absolute Gasteiger partial charge is 0.478 e. The number of imide groups is 1. The number of nitrogens with zero attached hydrogens (tertiary/aromatic N) is 3. The highest BCUT2D eigenvalue weighted by atomic mass is 32.2. The molecule has 1 aromatic carbocycles. The van der Waals surface area contributed by atoms with Crippen molar-refractivity contribution >= 4 is 23.6 Å². The molecule has 132 valence electrons. The number of likely N-dealkylation sites (tertiary alicyclic amines) is 1. The number of aromatic nitrogens is 2. The van der Waals surface area contributed by atoms with E-state index in [1.54, 1.807) is 19.1 Å². The first-order valence-corrected chi connectivity index (χ1v) is 8.73. The molecule has 0 radical (unpaired) electrons. The van der Waals surface area contributed by atoms with Crippen LogP contribution in [0.1, 0.15) is 31.8 Å². The Bertz CT molecular complexity index is 782. The maximum absolute atomic E-state index is 13.6. The molecule has 1 saturated heterocycles. The van der Waals surface area contributed by atoms with Crippen LogP contribution < -0.4 is 4.74 Å². The minimum Gasteiger partial charge on any atom is -0.478 e. The number of thioether (sulfide) groups is 1. The summed E-state index contributed by atoms with van der Waals surface area (Å²) < 4.78 is 24.5. The Hall–Kier alpha value is -2.42. The number of hydrogen-bond acceptors (Lipinski definition) is 7. The lowest BCUT2D eigenvalue weighted by atomic mass is 10.3. The molecule has 1 fully saturated rings. The molecule has 1 aromatic heterocycles. The summed E-state index contributed by atoms with van der Waals surface area (Å²) >= 11 is 1.05. The van der Waals surface area contributed by atoms with Crippen LogP contribution in [-0.2, 0) is 9.59 Å². The van der Waals surface area contributed by atoms with E-state index < -0.39 is 11.9 Å². The normalized spacial score (nSPS) is 15.4. The van der Waals surface area contributed by atoms with E-state index in [1.807, 2.05) is 0 Å². The van der Waals surface area contributed by atoms with Crippen molar-refractivity contribution in [1.29, 1.82) is 0 Å². The molecule has 25 heavy (non-hydrogen) atoms. The Kier molecular flexibility index (Phi) is 5.32. The third kappa shape index (κ3) is 4.16. The number of ether oxygens (including phenoxy) is 1. The standard InChI is InChI=1S/C16H16FN3O4S/c1-10(23-12-6-3-2-5-11(12)17)15-18-19-16(24-15)25-9-14(22)20-8-4-7-13(20)21/h2-3,5-6,10H,4,7-9H2,1H3/t10-/m0/s1. The van der Waals surface area contributed by atoms with Crippen molar-refractivity contribution in [2.24, 2.45) is 0 Å². The fourth-order valence-corrected chi connectivity index (χ4v) is 2.98. The van der Waals surface area contributed by atoms with Crippen molar-refractivity contribution in [3.8, 4) is 5.75 Å². The zero-order valence-electron chi connectivity index (χ0n) is 13.5. The SMILES string of the molecule is C[C@H](Oc1ccccc1F)c1nnc(SCC(=O)N2CCCC2=O)o1. The van der Waals surface area contributed by atoms with E-state index in [1.165, 1.54) is 17.0 Å². The van der Waals surface area contributed by atoms with Gasteiger partial charge in [0.15, 0.2) is 17.7 Å². The van der Waals surface area contributed by atoms with Crippen molar-refractivity contribution in [3.05, 3.63) is 36.0 Å². The lowest BCUT2D eigenvalue weighted by Crippen LogP contribution is -2.33. The van der Waals surface area contributed by atoms with Crippen molar-refractivity contribution in [2.75, 3.05) is 12.3 Å². The third-order valence-corrected chi connectivity index (χ3v) is 4.41. The first-order chi connectivity index (χ1) is 12.0. The molecule has 3 rings (SSSR count). The van der Waals surface area contributed by atoms with Gasteiger partial charge in [0.05, 0.1) is 5.75 Å². The van der Waals surface area contributed by atoms with Crippen LogP contribution in [0.15, 0.2) is 33.9 Å². The molecular formula is C16H16FN3O4S. The van der Waals surface area contributed by atoms with Crippen molar-refractivity contribution in [2.45, 2.75) is 31.1 Å². The van der Waals surface area contributed by atoms with Crippen LogP contribution in [0.3, 0.4) is 0 Å². The van der Waals surface area contributed by atoms with Crippen LogP contribution in [0.2, 0.25) is 0 Å². The van der Waals surface area contributed by atoms with Crippen LogP contribution >= 0.6 is 11.8 Å². The predicted molar refractivity (Wildman–Crippen MR) is 86.4 cm³/mol. The van der Waals surface area contributed by atoms with Gasteiger partial charge in [-0.2, -0.15) is 0 Å². The summed E-state index contributed by atoms with van der Waals surface area (Å²) in [5.74, 6) is -0.604. The minimum absolute atomic E-state index is 0.0376. The van der Waals surface area contributed by atoms with Crippen LogP contribution in [0.4, 0.5) is 4.39 Å². The molecule has 7 nitrogen and oxygen atoms in total. The van der Waals surface area contributed by atoms with E-state index in [9.17, 15) is 14.0 Å². The van der Waals surface area contributed by atoms with E-state index >= 15 is 0 Å². The smallest absolute Gasteiger partial charge is 0.277 e. The molecule has 2 aromatic rings. The molecule has 1 atom stereocenters. The average Bonchev–Trinajstić information content (AvgIpc) is 3.24. The second-order valence-corrected chi connectivity index (χ2v) is 6.35. The number of benzene rings is 1. The number of carbonyl (C=O) groups is 2. The Balaban J connectivity index is 1.56. The van der Waals surface area contributed by atoms with Crippen LogP contribution in [0.5, 0.6) is 5.75 Å². The van der Waals surface area contributed by atoms with Gasteiger partial charge in [-0.15, -0.1) is 10.2 Å². The second-order valence-electron chi connectivity index (χ2n) is 5.43. The Morgan fingerprint density at radius 3 is 2.96 bits per heavy atom. The fraction of sp³-hybridized carbons (Fsp3) is 0.375. The quantitative estimate of drug-likeness (QED) is 0.727. The first kappa shape index (κ1) is 17.4. The summed E-state index contributed by atoms with van der Waals surface area (Å²) in [5.41, 5.74) is 0. The summed E-state index contributed by atoms with van der Waals surface area (Å²) in [4.78, 5) is 24.7. The summed E-state index contributed by atoms with van der Waals surface area (Å²) in [6.45, 7) is 2.11. The van der Waals surface area contributed by atoms with Crippen molar-refractivity contribution in [1.82, 2.24) is 15.1 Å². The summed E-state index contributed by atoms with van der Waals surface area (Å²) in [6.07, 6.45) is 0.464. The molecule has 1 aliphatic heterocycles. The van der Waals surface area contributed by atoms with E-state index in [0.717, 1.165) is 11.8 Å². The molecular weight excluding hydrogens is 349 g/mol. The number of carbonyl (C=O) groups excluding carboxylic acids is 2. The van der Waals surface area contributed by atoms with Gasteiger partial charge >= 0.3 is 0 Å². The highest BCUT2D eigenvalue weighted by molar-refractivity contribution is 7.99. The monoisotopic (exact) mass is 365 g/mol. The molecule has 0 spiro atoms. The highest BCUT2D eigenvalue weighted by Crippen LogP contribution is 2.26. The number of amides is 2. The summed E-state index contributed by atoms with van der Waals surface area (Å²) in [7, 11) is 0.